The van der Waals surface area contributed by atoms with Crippen LogP contribution in [0.2, 0.25) is 0 Å². The van der Waals surface area contributed by atoms with Crippen LogP contribution in [0.15, 0.2) is 70.5 Å². The van der Waals surface area contributed by atoms with Crippen LogP contribution in [0.3, 0.4) is 0 Å². The smallest absolute Gasteiger partial charge is 0.394 e. The van der Waals surface area contributed by atoms with Crippen molar-refractivity contribution in [1.82, 2.24) is 29.1 Å². The third-order valence-corrected chi connectivity index (χ3v) is 16.6. The average Bonchev–Trinajstić information content (AvgIpc) is 4.08. The topological polar surface area (TPSA) is 497 Å². The van der Waals surface area contributed by atoms with Crippen LogP contribution in [0.4, 0.5) is 23.3 Å². The number of phosphoric ester groups is 1. The predicted octanol–water partition coefficient (Wildman–Crippen LogP) is 4.67. The normalized spacial score (nSPS) is 21.9. The first-order valence-electron chi connectivity index (χ1n) is 24.6. The number of hydrogen-bond acceptors (Lipinski definition) is 23. The number of nitro benzene ring substituents is 2. The number of H-pyrrole nitrogens is 2. The van der Waals surface area contributed by atoms with Gasteiger partial charge >= 0.3 is 23.5 Å². The summed E-state index contributed by atoms with van der Waals surface area (Å²) in [5.74, 6) is -0.344. The van der Waals surface area contributed by atoms with E-state index in [-0.39, 0.29) is 83.6 Å². The van der Waals surface area contributed by atoms with Gasteiger partial charge in [0.15, 0.2) is 11.3 Å². The lowest BCUT2D eigenvalue weighted by molar-refractivity contribution is -0.386. The lowest BCUT2D eigenvalue weighted by Gasteiger charge is -2.30. The van der Waals surface area contributed by atoms with Gasteiger partial charge in [-0.3, -0.25) is 44.3 Å². The van der Waals surface area contributed by atoms with Gasteiger partial charge in [0.25, 0.3) is 22.5 Å². The number of rotatable bonds is 20. The number of nitrogens with one attached hydrogen (secondary N) is 2. The first-order chi connectivity index (χ1) is 38.1. The number of benzene rings is 2. The van der Waals surface area contributed by atoms with Gasteiger partial charge in [0.1, 0.15) is 24.7 Å². The van der Waals surface area contributed by atoms with Gasteiger partial charge in [0, 0.05) is 48.5 Å². The van der Waals surface area contributed by atoms with Crippen molar-refractivity contribution >= 4 is 68.8 Å². The summed E-state index contributed by atoms with van der Waals surface area (Å²) in [6.07, 6.45) is -4.56. The van der Waals surface area contributed by atoms with Crippen molar-refractivity contribution in [3.05, 3.63) is 124 Å². The first kappa shape index (κ1) is 63.4. The Morgan fingerprint density at radius 3 is 1.48 bits per heavy atom. The second kappa shape index (κ2) is 24.6. The highest BCUT2D eigenvalue weighted by Gasteiger charge is 2.44. The van der Waals surface area contributed by atoms with Gasteiger partial charge in [-0.1, -0.05) is 65.8 Å². The van der Waals surface area contributed by atoms with Crippen LogP contribution < -0.4 is 22.6 Å². The Balaban J connectivity index is 0.000000246. The molecule has 2 aliphatic rings. The van der Waals surface area contributed by atoms with E-state index < -0.39 is 111 Å². The molecular weight excluding hydrogens is 1150 g/mol. The highest BCUT2D eigenvalue weighted by Crippen LogP contribution is 2.66. The van der Waals surface area contributed by atoms with Gasteiger partial charge in [-0.25, -0.2) is 13.7 Å². The number of fused-ring (bicyclic) bond motifs is 2. The zero-order valence-corrected chi connectivity index (χ0v) is 47.2. The van der Waals surface area contributed by atoms with Crippen LogP contribution in [0.5, 0.6) is 0 Å². The van der Waals surface area contributed by atoms with Gasteiger partial charge < -0.3 is 74.4 Å². The minimum absolute atomic E-state index is 0.00795. The molecule has 10 atom stereocenters. The number of aliphatic hydroxyl groups excluding tert-OH is 3. The fourth-order valence-electron chi connectivity index (χ4n) is 9.42. The molecule has 6 aromatic rings. The molecule has 0 saturated carbocycles. The molecule has 4 aromatic heterocycles. The van der Waals surface area contributed by atoms with Gasteiger partial charge in [0.05, 0.1) is 82.6 Å². The van der Waals surface area contributed by atoms with E-state index in [9.17, 15) is 68.6 Å². The minimum atomic E-state index is -5.76. The Morgan fingerprint density at radius 2 is 1.10 bits per heavy atom. The number of nitro groups is 2. The fraction of sp³-hybridized carbons (Fsp3) is 0.478. The van der Waals surface area contributed by atoms with Crippen molar-refractivity contribution in [2.45, 2.75) is 117 Å². The molecule has 0 radical (unpaired) electrons. The zero-order chi connectivity index (χ0) is 60.6. The lowest BCUT2D eigenvalue weighted by atomic mass is 9.84. The molecule has 2 aromatic carbocycles. The number of nitrogens with zero attached hydrogens (tertiary/aromatic N) is 6. The third-order valence-electron chi connectivity index (χ3n) is 12.8. The molecule has 33 nitrogen and oxygen atoms in total. The fourth-order valence-corrected chi connectivity index (χ4v) is 12.5. The average molecular weight is 1210 g/mol. The molecule has 82 heavy (non-hydrogen) atoms. The highest BCUT2D eigenvalue weighted by molar-refractivity contribution is 7.66. The molecule has 0 spiro atoms. The Kier molecular flexibility index (Phi) is 19.0. The van der Waals surface area contributed by atoms with Gasteiger partial charge in [-0.15, -0.1) is 0 Å². The van der Waals surface area contributed by atoms with Crippen LogP contribution in [0.25, 0.3) is 22.1 Å². The number of anilines is 2. The number of ether oxygens (including phenoxy) is 4. The number of nitrogens with two attached hydrogens (primary N) is 2. The third kappa shape index (κ3) is 14.9. The van der Waals surface area contributed by atoms with Crippen molar-refractivity contribution in [3.8, 4) is 0 Å². The van der Waals surface area contributed by atoms with Crippen LogP contribution in [0.1, 0.15) is 101 Å². The van der Waals surface area contributed by atoms with Crippen molar-refractivity contribution < 1.29 is 90.5 Å². The standard InChI is InChI=1S/C23H32N5O16P3.C23H29N5O7/c1-23(2,3)19(13-6-4-5-7-14(13)28(31)32)40-10-12-9-27(20-18(12)21(30)26-22(24)25-20)17-8-15(29)16(42-17)11-41-46(36,37)44-47(38,39)43-45(33,34)35;1-23(2,3)19(13-6-4-5-7-14(13)28(32)33)34-11-12-9-27(17-8-15(30)16(10-29)35-17)20-18(12)21(31)26-22(24)25-20/h4-7,9,15-17,19,29H,8,10-11H2,1-3H3,(H,36,37)(H,38,39)(H2,33,34,35)(H3,24,25,26,30);4-7,9,15-17,19,29-30H,8,10-11H2,1-3H3,(H3,24,25,26,31)/t2*15?,16-,17-,19-/m11/s1. The Hall–Kier alpha value is -6.19. The number of phosphoric acid groups is 3. The van der Waals surface area contributed by atoms with Crippen molar-refractivity contribution in [1.29, 1.82) is 0 Å². The summed E-state index contributed by atoms with van der Waals surface area (Å²) in [5, 5.41) is 53.9. The molecule has 2 saturated heterocycles. The number of aromatic amines is 2. The van der Waals surface area contributed by atoms with Gasteiger partial charge in [-0.05, 0) is 23.0 Å². The minimum Gasteiger partial charge on any atom is -0.394 e. The molecule has 0 aliphatic carbocycles. The maximum Gasteiger partial charge on any atom is 0.490 e. The largest absolute Gasteiger partial charge is 0.490 e. The Labute approximate surface area is 463 Å². The van der Waals surface area contributed by atoms with Crippen LogP contribution in [0, 0.1) is 31.1 Å². The summed E-state index contributed by atoms with van der Waals surface area (Å²) in [4.78, 5) is 98.0. The maximum atomic E-state index is 13.0. The van der Waals surface area contributed by atoms with Crippen molar-refractivity contribution in [2.24, 2.45) is 10.8 Å². The molecule has 36 heteroatoms. The summed E-state index contributed by atoms with van der Waals surface area (Å²) < 4.78 is 73.4. The second-order valence-corrected chi connectivity index (χ2v) is 25.5. The summed E-state index contributed by atoms with van der Waals surface area (Å²) in [7, 11) is -16.9. The number of para-hydroxylation sites is 2. The monoisotopic (exact) mass is 1210 g/mol. The van der Waals surface area contributed by atoms with E-state index in [0.717, 1.165) is 0 Å². The SMILES string of the molecule is CC(C)(C)[C@H](OCc1cn([C@H]2CC(O)[C@@H](CO)O2)c2nc(N)[nH]c(=O)c12)c1ccccc1[N+](=O)[O-].CC(C)(C)[C@H](OCc1cn([C@H]2CC(O)[C@@H](COP(=O)(O)OP(=O)(O)OP(=O)(O)O)O2)c2nc(N)[nH]c(=O)c12)c1ccccc1[N+](=O)[O-]. The molecular formula is C46H61N10O23P3. The van der Waals surface area contributed by atoms with Crippen LogP contribution in [-0.2, 0) is 59.0 Å². The van der Waals surface area contributed by atoms with E-state index in [0.29, 0.717) is 16.7 Å². The van der Waals surface area contributed by atoms with Crippen LogP contribution >= 0.6 is 23.5 Å². The van der Waals surface area contributed by atoms with E-state index in [4.69, 9.17) is 40.2 Å². The molecule has 0 bridgehead atoms. The molecule has 448 valence electrons. The second-order valence-electron chi connectivity index (χ2n) is 21.1. The van der Waals surface area contributed by atoms with Crippen molar-refractivity contribution in [3.63, 3.8) is 0 Å². The van der Waals surface area contributed by atoms with E-state index in [1.54, 1.807) is 41.1 Å². The predicted molar refractivity (Wildman–Crippen MR) is 286 cm³/mol. The Bertz CT molecular complexity index is 3610. The van der Waals surface area contributed by atoms with E-state index in [2.05, 4.69) is 33.1 Å². The number of hydrogen-bond donors (Lipinski definition) is 11. The van der Waals surface area contributed by atoms with E-state index in [1.807, 2.05) is 41.5 Å². The van der Waals surface area contributed by atoms with Gasteiger partial charge in [0.2, 0.25) is 11.9 Å². The van der Waals surface area contributed by atoms with E-state index >= 15 is 0 Å². The lowest BCUT2D eigenvalue weighted by Crippen LogP contribution is -2.26. The molecule has 6 heterocycles. The van der Waals surface area contributed by atoms with Crippen molar-refractivity contribution in [2.75, 3.05) is 24.7 Å². The Morgan fingerprint density at radius 1 is 0.695 bits per heavy atom. The van der Waals surface area contributed by atoms with E-state index in [1.165, 1.54) is 29.0 Å². The van der Waals surface area contributed by atoms with Crippen LogP contribution in [-0.4, -0.2) is 111 Å². The summed E-state index contributed by atoms with van der Waals surface area (Å²) in [6.45, 7) is 9.64. The molecule has 13 N–H and O–H groups in total. The van der Waals surface area contributed by atoms with Gasteiger partial charge in [-0.2, -0.15) is 18.6 Å². The summed E-state index contributed by atoms with van der Waals surface area (Å²) >= 11 is 0. The summed E-state index contributed by atoms with van der Waals surface area (Å²) in [5.41, 5.74) is 10.8. The number of nitrogen functional groups attached to an aromatic ring is 2. The molecule has 4 unspecified atom stereocenters. The highest BCUT2D eigenvalue weighted by atomic mass is 31.3. The first-order valence-corrected chi connectivity index (χ1v) is 29.1. The molecule has 8 rings (SSSR count). The summed E-state index contributed by atoms with van der Waals surface area (Å²) in [6, 6.07) is 12.5. The zero-order valence-electron chi connectivity index (χ0n) is 44.5. The quantitative estimate of drug-likeness (QED) is 0.0281. The molecule has 0 amide bonds. The number of aliphatic hydroxyl groups is 3. The number of aromatic nitrogens is 6. The molecule has 2 aliphatic heterocycles. The maximum absolute atomic E-state index is 13.0. The molecule has 2 fully saturated rings.